The minimum Gasteiger partial charge on any atom is -0.508 e. The van der Waals surface area contributed by atoms with Gasteiger partial charge in [-0.25, -0.2) is 0 Å². The van der Waals surface area contributed by atoms with E-state index in [1.54, 1.807) is 18.2 Å². The standard InChI is InChI=1S/C18H29NO2/c1-2-3-4-5-6-7-8-11-14-19-18(21)15-16-12-9-10-13-17(16)20/h9-10,12-13,20H,2-8,11,14-15H2,1H3,(H,19,21). The van der Waals surface area contributed by atoms with Crippen LogP contribution >= 0.6 is 0 Å². The molecule has 0 aliphatic heterocycles. The molecule has 2 N–H and O–H groups in total. The van der Waals surface area contributed by atoms with Crippen LogP contribution in [0.3, 0.4) is 0 Å². The second-order valence-corrected chi connectivity index (χ2v) is 5.63. The van der Waals surface area contributed by atoms with Crippen LogP contribution in [-0.2, 0) is 11.2 Å². The molecular weight excluding hydrogens is 262 g/mol. The number of unbranched alkanes of at least 4 members (excludes halogenated alkanes) is 7. The lowest BCUT2D eigenvalue weighted by atomic mass is 10.1. The highest BCUT2D eigenvalue weighted by atomic mass is 16.3. The molecule has 0 heterocycles. The van der Waals surface area contributed by atoms with E-state index in [1.165, 1.54) is 44.9 Å². The summed E-state index contributed by atoms with van der Waals surface area (Å²) in [5.41, 5.74) is 0.686. The third kappa shape index (κ3) is 8.38. The molecule has 118 valence electrons. The fourth-order valence-corrected chi connectivity index (χ4v) is 2.38. The van der Waals surface area contributed by atoms with Gasteiger partial charge in [0.1, 0.15) is 5.75 Å². The quantitative estimate of drug-likeness (QED) is 0.601. The first-order valence-corrected chi connectivity index (χ1v) is 8.27. The number of carbonyl (C=O) groups is 1. The second kappa shape index (κ2) is 11.2. The molecule has 0 saturated carbocycles. The van der Waals surface area contributed by atoms with E-state index >= 15 is 0 Å². The first-order chi connectivity index (χ1) is 10.2. The van der Waals surface area contributed by atoms with Gasteiger partial charge in [-0.05, 0) is 12.5 Å². The fourth-order valence-electron chi connectivity index (χ4n) is 2.38. The summed E-state index contributed by atoms with van der Waals surface area (Å²) >= 11 is 0. The summed E-state index contributed by atoms with van der Waals surface area (Å²) < 4.78 is 0. The molecule has 1 aromatic carbocycles. The number of hydrogen-bond donors (Lipinski definition) is 2. The van der Waals surface area contributed by atoms with Crippen LogP contribution in [0.5, 0.6) is 5.75 Å². The van der Waals surface area contributed by atoms with Crippen molar-refractivity contribution < 1.29 is 9.90 Å². The van der Waals surface area contributed by atoms with E-state index in [2.05, 4.69) is 12.2 Å². The maximum Gasteiger partial charge on any atom is 0.224 e. The van der Waals surface area contributed by atoms with E-state index in [-0.39, 0.29) is 18.1 Å². The van der Waals surface area contributed by atoms with E-state index in [9.17, 15) is 9.90 Å². The van der Waals surface area contributed by atoms with Crippen molar-refractivity contribution in [3.05, 3.63) is 29.8 Å². The van der Waals surface area contributed by atoms with Crippen molar-refractivity contribution in [3.63, 3.8) is 0 Å². The Kier molecular flexibility index (Phi) is 9.34. The molecule has 1 amide bonds. The first kappa shape index (κ1) is 17.5. The van der Waals surface area contributed by atoms with Gasteiger partial charge >= 0.3 is 0 Å². The average Bonchev–Trinajstić information content (AvgIpc) is 2.48. The average molecular weight is 291 g/mol. The van der Waals surface area contributed by atoms with Crippen LogP contribution in [-0.4, -0.2) is 17.6 Å². The van der Waals surface area contributed by atoms with Gasteiger partial charge in [-0.15, -0.1) is 0 Å². The normalized spacial score (nSPS) is 10.5. The van der Waals surface area contributed by atoms with Crippen molar-refractivity contribution in [2.45, 2.75) is 64.7 Å². The Balaban J connectivity index is 2.00. The number of rotatable bonds is 11. The zero-order valence-corrected chi connectivity index (χ0v) is 13.2. The highest BCUT2D eigenvalue weighted by Gasteiger charge is 2.06. The van der Waals surface area contributed by atoms with Crippen molar-refractivity contribution >= 4 is 5.91 Å². The fraction of sp³-hybridized carbons (Fsp3) is 0.611. The zero-order valence-electron chi connectivity index (χ0n) is 13.2. The Bertz CT molecular complexity index is 404. The van der Waals surface area contributed by atoms with Crippen molar-refractivity contribution in [2.24, 2.45) is 0 Å². The molecule has 1 aromatic rings. The smallest absolute Gasteiger partial charge is 0.224 e. The molecule has 3 nitrogen and oxygen atoms in total. The van der Waals surface area contributed by atoms with E-state index in [4.69, 9.17) is 0 Å². The summed E-state index contributed by atoms with van der Waals surface area (Å²) in [5, 5.41) is 12.5. The molecule has 3 heteroatoms. The predicted octanol–water partition coefficient (Wildman–Crippen LogP) is 4.19. The number of phenolic OH excluding ortho intramolecular Hbond substituents is 1. The largest absolute Gasteiger partial charge is 0.508 e. The van der Waals surface area contributed by atoms with Crippen LogP contribution in [0.15, 0.2) is 24.3 Å². The zero-order chi connectivity index (χ0) is 15.3. The minimum absolute atomic E-state index is 0.0144. The molecule has 0 saturated heterocycles. The summed E-state index contributed by atoms with van der Waals surface area (Å²) in [6.07, 6.45) is 10.4. The van der Waals surface area contributed by atoms with Gasteiger partial charge in [-0.2, -0.15) is 0 Å². The van der Waals surface area contributed by atoms with Crippen LogP contribution in [0.25, 0.3) is 0 Å². The Morgan fingerprint density at radius 2 is 1.62 bits per heavy atom. The topological polar surface area (TPSA) is 49.3 Å². The number of nitrogens with one attached hydrogen (secondary N) is 1. The molecule has 0 aromatic heterocycles. The van der Waals surface area contributed by atoms with E-state index in [1.807, 2.05) is 6.07 Å². The van der Waals surface area contributed by atoms with Gasteiger partial charge in [0.25, 0.3) is 0 Å². The number of para-hydroxylation sites is 1. The maximum absolute atomic E-state index is 11.7. The van der Waals surface area contributed by atoms with Crippen molar-refractivity contribution in [2.75, 3.05) is 6.54 Å². The summed E-state index contributed by atoms with van der Waals surface area (Å²) in [4.78, 5) is 11.7. The van der Waals surface area contributed by atoms with Gasteiger partial charge in [0.2, 0.25) is 5.91 Å². The molecule has 0 aliphatic carbocycles. The summed E-state index contributed by atoms with van der Waals surface area (Å²) in [7, 11) is 0. The molecule has 21 heavy (non-hydrogen) atoms. The number of amides is 1. The maximum atomic E-state index is 11.7. The lowest BCUT2D eigenvalue weighted by Crippen LogP contribution is -2.26. The molecule has 0 fully saturated rings. The number of benzene rings is 1. The Hall–Kier alpha value is -1.51. The van der Waals surface area contributed by atoms with Crippen LogP contribution in [0, 0.1) is 0 Å². The molecule has 0 bridgehead atoms. The number of carbonyl (C=O) groups excluding carboxylic acids is 1. The van der Waals surface area contributed by atoms with Crippen molar-refractivity contribution in [3.8, 4) is 5.75 Å². The monoisotopic (exact) mass is 291 g/mol. The highest BCUT2D eigenvalue weighted by molar-refractivity contribution is 5.79. The molecule has 0 spiro atoms. The first-order valence-electron chi connectivity index (χ1n) is 8.27. The third-order valence-electron chi connectivity index (χ3n) is 3.70. The van der Waals surface area contributed by atoms with E-state index in [0.29, 0.717) is 5.56 Å². The van der Waals surface area contributed by atoms with Gasteiger partial charge in [-0.1, -0.05) is 70.1 Å². The van der Waals surface area contributed by atoms with Gasteiger partial charge in [0.15, 0.2) is 0 Å². The third-order valence-corrected chi connectivity index (χ3v) is 3.70. The molecule has 0 atom stereocenters. The number of phenols is 1. The van der Waals surface area contributed by atoms with Crippen molar-refractivity contribution in [1.82, 2.24) is 5.32 Å². The summed E-state index contributed by atoms with van der Waals surface area (Å²) in [5.74, 6) is 0.180. The lowest BCUT2D eigenvalue weighted by Gasteiger charge is -2.06. The van der Waals surface area contributed by atoms with Crippen LogP contribution in [0.1, 0.15) is 63.9 Å². The molecular formula is C18H29NO2. The van der Waals surface area contributed by atoms with Gasteiger partial charge < -0.3 is 10.4 Å². The Morgan fingerprint density at radius 1 is 1.00 bits per heavy atom. The van der Waals surface area contributed by atoms with Gasteiger partial charge in [-0.3, -0.25) is 4.79 Å². The van der Waals surface area contributed by atoms with E-state index in [0.717, 1.165) is 13.0 Å². The molecule has 0 radical (unpaired) electrons. The summed E-state index contributed by atoms with van der Waals surface area (Å²) in [6.45, 7) is 2.97. The molecule has 0 unspecified atom stereocenters. The number of hydrogen-bond acceptors (Lipinski definition) is 2. The molecule has 0 aliphatic rings. The SMILES string of the molecule is CCCCCCCCCCNC(=O)Cc1ccccc1O. The van der Waals surface area contributed by atoms with Crippen molar-refractivity contribution in [1.29, 1.82) is 0 Å². The van der Waals surface area contributed by atoms with Crippen LogP contribution < -0.4 is 5.32 Å². The van der Waals surface area contributed by atoms with Gasteiger partial charge in [0.05, 0.1) is 6.42 Å². The molecule has 1 rings (SSSR count). The van der Waals surface area contributed by atoms with E-state index < -0.39 is 0 Å². The lowest BCUT2D eigenvalue weighted by molar-refractivity contribution is -0.120. The summed E-state index contributed by atoms with van der Waals surface area (Å²) in [6, 6.07) is 6.99. The number of aromatic hydroxyl groups is 1. The van der Waals surface area contributed by atoms with Crippen LogP contribution in [0.4, 0.5) is 0 Å². The minimum atomic E-state index is -0.0144. The van der Waals surface area contributed by atoms with Crippen LogP contribution in [0.2, 0.25) is 0 Å². The highest BCUT2D eigenvalue weighted by Crippen LogP contribution is 2.15. The van der Waals surface area contributed by atoms with Gasteiger partial charge in [0, 0.05) is 12.1 Å². The second-order valence-electron chi connectivity index (χ2n) is 5.63. The Morgan fingerprint density at radius 3 is 2.29 bits per heavy atom. The Labute approximate surface area is 128 Å². The predicted molar refractivity (Wildman–Crippen MR) is 87.4 cm³/mol.